The molecule has 0 aromatic heterocycles. The molecule has 5 atom stereocenters. The van der Waals surface area contributed by atoms with Crippen molar-refractivity contribution in [3.8, 4) is 0 Å². The summed E-state index contributed by atoms with van der Waals surface area (Å²) in [5.74, 6) is -0.717. The van der Waals surface area contributed by atoms with Gasteiger partial charge in [-0.1, -0.05) is 6.58 Å². The van der Waals surface area contributed by atoms with E-state index in [-0.39, 0.29) is 6.61 Å². The molecule has 1 heterocycles. The van der Waals surface area contributed by atoms with E-state index in [1.807, 2.05) is 0 Å². The number of hydrogen-bond donors (Lipinski definition) is 4. The van der Waals surface area contributed by atoms with Crippen molar-refractivity contribution in [2.24, 2.45) is 0 Å². The van der Waals surface area contributed by atoms with Crippen LogP contribution in [0.5, 0.6) is 0 Å². The van der Waals surface area contributed by atoms with Crippen molar-refractivity contribution in [2.45, 2.75) is 30.7 Å². The van der Waals surface area contributed by atoms with Crippen LogP contribution < -0.4 is 0 Å². The van der Waals surface area contributed by atoms with E-state index in [4.69, 9.17) is 14.9 Å². The van der Waals surface area contributed by atoms with Crippen LogP contribution in [0.1, 0.15) is 0 Å². The molecule has 1 aliphatic rings. The van der Waals surface area contributed by atoms with Crippen molar-refractivity contribution in [3.05, 3.63) is 12.7 Å². The second-order valence-electron chi connectivity index (χ2n) is 3.37. The SMILES string of the molecule is C=CC(=O)OCC1O[C@H](O)C(O)[C@@H](O)[C@@H]1O. The fourth-order valence-corrected chi connectivity index (χ4v) is 1.29. The predicted molar refractivity (Wildman–Crippen MR) is 50.1 cm³/mol. The van der Waals surface area contributed by atoms with Gasteiger partial charge in [-0.25, -0.2) is 4.79 Å². The lowest BCUT2D eigenvalue weighted by atomic mass is 9.99. The van der Waals surface area contributed by atoms with E-state index >= 15 is 0 Å². The molecule has 0 aliphatic carbocycles. The third-order valence-corrected chi connectivity index (χ3v) is 2.24. The zero-order valence-electron chi connectivity index (χ0n) is 8.39. The molecule has 0 radical (unpaired) electrons. The Hall–Kier alpha value is -0.990. The lowest BCUT2D eigenvalue weighted by Crippen LogP contribution is -2.58. The van der Waals surface area contributed by atoms with Crippen LogP contribution in [-0.2, 0) is 14.3 Å². The minimum atomic E-state index is -1.63. The summed E-state index contributed by atoms with van der Waals surface area (Å²) in [6.45, 7) is 2.81. The summed E-state index contributed by atoms with van der Waals surface area (Å²) in [6, 6.07) is 0. The molecule has 0 amide bonds. The summed E-state index contributed by atoms with van der Waals surface area (Å²) in [7, 11) is 0. The van der Waals surface area contributed by atoms with Crippen LogP contribution in [0.4, 0.5) is 0 Å². The highest BCUT2D eigenvalue weighted by Gasteiger charge is 2.43. The Balaban J connectivity index is 2.53. The maximum atomic E-state index is 10.7. The van der Waals surface area contributed by atoms with Gasteiger partial charge in [0.1, 0.15) is 31.0 Å². The average molecular weight is 234 g/mol. The van der Waals surface area contributed by atoms with E-state index in [0.717, 1.165) is 6.08 Å². The highest BCUT2D eigenvalue weighted by molar-refractivity contribution is 5.81. The normalized spacial score (nSPS) is 39.1. The zero-order chi connectivity index (χ0) is 12.3. The molecular formula is C9H14O7. The summed E-state index contributed by atoms with van der Waals surface area (Å²) in [6.07, 6.45) is -6.41. The number of aliphatic hydroxyl groups is 4. The number of esters is 1. The van der Waals surface area contributed by atoms with Gasteiger partial charge in [0.25, 0.3) is 0 Å². The molecule has 1 rings (SSSR count). The number of aliphatic hydroxyl groups excluding tert-OH is 4. The van der Waals surface area contributed by atoms with E-state index in [1.165, 1.54) is 0 Å². The van der Waals surface area contributed by atoms with Crippen molar-refractivity contribution in [3.63, 3.8) is 0 Å². The highest BCUT2D eigenvalue weighted by Crippen LogP contribution is 2.19. The Bertz CT molecular complexity index is 267. The third kappa shape index (κ3) is 2.77. The molecule has 1 saturated heterocycles. The lowest BCUT2D eigenvalue weighted by Gasteiger charge is -2.37. The van der Waals surface area contributed by atoms with Crippen molar-refractivity contribution >= 4 is 5.97 Å². The Morgan fingerprint density at radius 3 is 2.44 bits per heavy atom. The summed E-state index contributed by atoms with van der Waals surface area (Å²) in [5, 5.41) is 37.1. The number of ether oxygens (including phenoxy) is 2. The van der Waals surface area contributed by atoms with Crippen molar-refractivity contribution in [1.82, 2.24) is 0 Å². The molecule has 7 nitrogen and oxygen atoms in total. The van der Waals surface area contributed by atoms with E-state index in [0.29, 0.717) is 0 Å². The van der Waals surface area contributed by atoms with Gasteiger partial charge in [-0.15, -0.1) is 0 Å². The summed E-state index contributed by atoms with van der Waals surface area (Å²) < 4.78 is 9.35. The number of hydrogen-bond acceptors (Lipinski definition) is 7. The molecule has 1 fully saturated rings. The highest BCUT2D eigenvalue weighted by atomic mass is 16.6. The second-order valence-corrected chi connectivity index (χ2v) is 3.37. The predicted octanol–water partition coefficient (Wildman–Crippen LogP) is -2.48. The molecule has 2 unspecified atom stereocenters. The number of rotatable bonds is 3. The van der Waals surface area contributed by atoms with Gasteiger partial charge in [0.15, 0.2) is 6.29 Å². The molecule has 1 aliphatic heterocycles. The van der Waals surface area contributed by atoms with Gasteiger partial charge in [-0.2, -0.15) is 0 Å². The van der Waals surface area contributed by atoms with Gasteiger partial charge >= 0.3 is 5.97 Å². The summed E-state index contributed by atoms with van der Waals surface area (Å²) >= 11 is 0. The van der Waals surface area contributed by atoms with Crippen LogP contribution in [0.3, 0.4) is 0 Å². The smallest absolute Gasteiger partial charge is 0.330 e. The van der Waals surface area contributed by atoms with Crippen molar-refractivity contribution in [1.29, 1.82) is 0 Å². The Morgan fingerprint density at radius 2 is 1.88 bits per heavy atom. The van der Waals surface area contributed by atoms with Gasteiger partial charge in [0, 0.05) is 6.08 Å². The first-order chi connectivity index (χ1) is 7.47. The van der Waals surface area contributed by atoms with Crippen LogP contribution in [0.25, 0.3) is 0 Å². The minimum absolute atomic E-state index is 0.354. The van der Waals surface area contributed by atoms with Crippen molar-refractivity contribution < 1.29 is 34.7 Å². The van der Waals surface area contributed by atoms with Crippen LogP contribution in [0.2, 0.25) is 0 Å². The van der Waals surface area contributed by atoms with Gasteiger partial charge in [-0.05, 0) is 0 Å². The van der Waals surface area contributed by atoms with Gasteiger partial charge < -0.3 is 29.9 Å². The van der Waals surface area contributed by atoms with Crippen LogP contribution >= 0.6 is 0 Å². The Kier molecular flexibility index (Phi) is 4.39. The van der Waals surface area contributed by atoms with Gasteiger partial charge in [-0.3, -0.25) is 0 Å². The maximum absolute atomic E-state index is 10.7. The standard InChI is InChI=1S/C9H14O7/c1-2-5(10)15-3-4-6(11)7(12)8(13)9(14)16-4/h2,4,6-9,11-14H,1,3H2/t4?,6-,7+,8?,9+/m1/s1. The molecule has 0 bridgehead atoms. The fourth-order valence-electron chi connectivity index (χ4n) is 1.29. The van der Waals surface area contributed by atoms with Crippen LogP contribution in [-0.4, -0.2) is 63.7 Å². The first-order valence-electron chi connectivity index (χ1n) is 4.64. The molecule has 16 heavy (non-hydrogen) atoms. The topological polar surface area (TPSA) is 116 Å². The monoisotopic (exact) mass is 234 g/mol. The molecule has 7 heteroatoms. The number of carbonyl (C=O) groups is 1. The summed E-state index contributed by atoms with van der Waals surface area (Å²) in [5.41, 5.74) is 0. The molecule has 4 N–H and O–H groups in total. The Morgan fingerprint density at radius 1 is 1.25 bits per heavy atom. The average Bonchev–Trinajstić information content (AvgIpc) is 2.28. The van der Waals surface area contributed by atoms with Gasteiger partial charge in [0.05, 0.1) is 0 Å². The zero-order valence-corrected chi connectivity index (χ0v) is 8.39. The minimum Gasteiger partial charge on any atom is -0.460 e. The Labute approximate surface area is 91.5 Å². The van der Waals surface area contributed by atoms with Gasteiger partial charge in [0.2, 0.25) is 0 Å². The van der Waals surface area contributed by atoms with Crippen LogP contribution in [0, 0.1) is 0 Å². The molecule has 0 aromatic rings. The molecular weight excluding hydrogens is 220 g/mol. The second kappa shape index (κ2) is 5.37. The fraction of sp³-hybridized carbons (Fsp3) is 0.667. The quantitative estimate of drug-likeness (QED) is 0.315. The number of carbonyl (C=O) groups excluding carboxylic acids is 1. The summed E-state index contributed by atoms with van der Waals surface area (Å²) in [4.78, 5) is 10.7. The molecule has 92 valence electrons. The van der Waals surface area contributed by atoms with E-state index in [9.17, 15) is 15.0 Å². The van der Waals surface area contributed by atoms with E-state index in [2.05, 4.69) is 11.3 Å². The molecule has 0 aromatic carbocycles. The van der Waals surface area contributed by atoms with E-state index in [1.54, 1.807) is 0 Å². The maximum Gasteiger partial charge on any atom is 0.330 e. The first kappa shape index (κ1) is 13.1. The largest absolute Gasteiger partial charge is 0.460 e. The van der Waals surface area contributed by atoms with E-state index < -0.39 is 36.7 Å². The van der Waals surface area contributed by atoms with Crippen LogP contribution in [0.15, 0.2) is 12.7 Å². The molecule has 0 spiro atoms. The lowest BCUT2D eigenvalue weighted by molar-refractivity contribution is -0.287. The third-order valence-electron chi connectivity index (χ3n) is 2.24. The first-order valence-corrected chi connectivity index (χ1v) is 4.64. The molecule has 0 saturated carbocycles. The van der Waals surface area contributed by atoms with Crippen molar-refractivity contribution in [2.75, 3.05) is 6.61 Å².